The van der Waals surface area contributed by atoms with Crippen LogP contribution in [0.5, 0.6) is 0 Å². The van der Waals surface area contributed by atoms with Gasteiger partial charge in [0, 0.05) is 24.9 Å². The molecule has 1 amide bonds. The molecule has 174 valence electrons. The average Bonchev–Trinajstić information content (AvgIpc) is 3.20. The smallest absolute Gasteiger partial charge is 0.325 e. The molecular formula is C22H31NO7Si2. The first-order chi connectivity index (χ1) is 14.8. The van der Waals surface area contributed by atoms with Crippen LogP contribution in [0, 0.1) is 5.41 Å². The predicted molar refractivity (Wildman–Crippen MR) is 121 cm³/mol. The fraction of sp³-hybridized carbons (Fsp3) is 0.591. The van der Waals surface area contributed by atoms with Gasteiger partial charge in [0.25, 0.3) is 5.91 Å². The molecule has 32 heavy (non-hydrogen) atoms. The summed E-state index contributed by atoms with van der Waals surface area (Å²) in [7, 11) is -3.09. The molecule has 0 radical (unpaired) electrons. The van der Waals surface area contributed by atoms with E-state index < -0.39 is 51.4 Å². The Morgan fingerprint density at radius 3 is 2.44 bits per heavy atom. The van der Waals surface area contributed by atoms with Crippen molar-refractivity contribution in [3.63, 3.8) is 0 Å². The van der Waals surface area contributed by atoms with Gasteiger partial charge in [0.05, 0.1) is 25.2 Å². The number of amides is 1. The van der Waals surface area contributed by atoms with E-state index >= 15 is 0 Å². The molecule has 1 aliphatic carbocycles. The van der Waals surface area contributed by atoms with Gasteiger partial charge in [-0.05, 0) is 51.4 Å². The summed E-state index contributed by atoms with van der Waals surface area (Å²) in [6, 6.07) is 1.76. The highest BCUT2D eigenvalue weighted by molar-refractivity contribution is 6.70. The molecule has 4 rings (SSSR count). The summed E-state index contributed by atoms with van der Waals surface area (Å²) in [4.78, 5) is 42.3. The van der Waals surface area contributed by atoms with Gasteiger partial charge in [-0.2, -0.15) is 0 Å². The van der Waals surface area contributed by atoms with Crippen molar-refractivity contribution in [1.29, 1.82) is 0 Å². The summed E-state index contributed by atoms with van der Waals surface area (Å²) in [5.74, 6) is -0.940. The topological polar surface area (TPSA) is 95.3 Å². The molecule has 1 saturated heterocycles. The van der Waals surface area contributed by atoms with E-state index in [-0.39, 0.29) is 13.0 Å². The molecular weight excluding hydrogens is 446 g/mol. The van der Waals surface area contributed by atoms with Crippen molar-refractivity contribution in [1.82, 2.24) is 4.90 Å². The molecule has 3 atom stereocenters. The molecule has 1 aromatic rings. The summed E-state index contributed by atoms with van der Waals surface area (Å²) in [6.45, 7) is 12.4. The van der Waals surface area contributed by atoms with Gasteiger partial charge in [0.1, 0.15) is 11.3 Å². The van der Waals surface area contributed by atoms with E-state index in [4.69, 9.17) is 18.0 Å². The van der Waals surface area contributed by atoms with Crippen LogP contribution in [-0.2, 0) is 39.9 Å². The van der Waals surface area contributed by atoms with E-state index in [1.807, 2.05) is 19.6 Å². The van der Waals surface area contributed by atoms with Gasteiger partial charge in [0.15, 0.2) is 13.7 Å². The number of carbonyl (C=O) groups excluding carboxylic acids is 3. The van der Waals surface area contributed by atoms with Gasteiger partial charge >= 0.3 is 5.97 Å². The largest absolute Gasteiger partial charge is 0.547 e. The SMILES string of the molecule is COC(=O)[C@]12C(=O)C(=O)N3CCc4occc4[C@@]31CC(O[Si](C)(C)C)=C[C@H]2O[Si](C)(C)C. The van der Waals surface area contributed by atoms with Crippen LogP contribution >= 0.6 is 0 Å². The summed E-state index contributed by atoms with van der Waals surface area (Å²) < 4.78 is 23.8. The molecule has 1 aromatic heterocycles. The summed E-state index contributed by atoms with van der Waals surface area (Å²) in [6.07, 6.45) is 2.94. The number of rotatable bonds is 5. The standard InChI is InChI=1S/C22H31NO7Si2/c1-27-20(26)22-17(30-32(5,6)7)12-14(29-31(2,3)4)13-21(22)15-9-11-28-16(15)8-10-23(21)19(25)18(22)24/h9,11-12,17H,8,10,13H2,1-7H3/t17-,21-,22+/m1/s1. The quantitative estimate of drug-likeness (QED) is 0.278. The van der Waals surface area contributed by atoms with Crippen molar-refractivity contribution in [2.45, 2.75) is 63.8 Å². The molecule has 3 aliphatic rings. The third kappa shape index (κ3) is 3.06. The summed E-state index contributed by atoms with van der Waals surface area (Å²) >= 11 is 0. The number of hydrogen-bond acceptors (Lipinski definition) is 7. The second kappa shape index (κ2) is 7.16. The number of furan rings is 1. The number of fused-ring (bicyclic) bond motifs is 1. The molecule has 0 unspecified atom stereocenters. The van der Waals surface area contributed by atoms with Crippen LogP contribution in [0.1, 0.15) is 17.7 Å². The van der Waals surface area contributed by atoms with Gasteiger partial charge in [0.2, 0.25) is 14.1 Å². The summed E-state index contributed by atoms with van der Waals surface area (Å²) in [5.41, 5.74) is -2.53. The van der Waals surface area contributed by atoms with E-state index in [1.165, 1.54) is 12.0 Å². The average molecular weight is 478 g/mol. The van der Waals surface area contributed by atoms with Crippen LogP contribution in [0.15, 0.2) is 28.6 Å². The first-order valence-electron chi connectivity index (χ1n) is 10.9. The molecule has 0 bridgehead atoms. The Kier molecular flexibility index (Phi) is 5.15. The molecule has 0 N–H and O–H groups in total. The van der Waals surface area contributed by atoms with Crippen molar-refractivity contribution < 1.29 is 32.4 Å². The predicted octanol–water partition coefficient (Wildman–Crippen LogP) is 2.96. The first-order valence-corrected chi connectivity index (χ1v) is 17.7. The van der Waals surface area contributed by atoms with Crippen LogP contribution < -0.4 is 0 Å². The van der Waals surface area contributed by atoms with Gasteiger partial charge < -0.3 is 22.9 Å². The van der Waals surface area contributed by atoms with Crippen LogP contribution in [0.25, 0.3) is 0 Å². The maximum atomic E-state index is 13.8. The third-order valence-corrected chi connectivity index (χ3v) is 8.12. The van der Waals surface area contributed by atoms with Crippen molar-refractivity contribution >= 4 is 34.3 Å². The van der Waals surface area contributed by atoms with Gasteiger partial charge in [-0.3, -0.25) is 14.4 Å². The lowest BCUT2D eigenvalue weighted by atomic mass is 9.57. The minimum Gasteiger partial charge on any atom is -0.547 e. The Balaban J connectivity index is 2.07. The Hall–Kier alpha value is -2.18. The third-order valence-electron chi connectivity index (χ3n) is 6.28. The number of ketones is 1. The van der Waals surface area contributed by atoms with Gasteiger partial charge in [-0.15, -0.1) is 0 Å². The number of Topliss-reactive ketones (excluding diaryl/α,β-unsaturated/α-hetero) is 1. The van der Waals surface area contributed by atoms with E-state index in [2.05, 4.69) is 19.6 Å². The monoisotopic (exact) mass is 477 g/mol. The number of hydrogen-bond donors (Lipinski definition) is 0. The van der Waals surface area contributed by atoms with Gasteiger partial charge in [-0.25, -0.2) is 0 Å². The fourth-order valence-corrected chi connectivity index (χ4v) is 7.37. The Labute approximate surface area is 190 Å². The molecule has 0 aromatic carbocycles. The lowest BCUT2D eigenvalue weighted by Crippen LogP contribution is -2.66. The molecule has 8 nitrogen and oxygen atoms in total. The van der Waals surface area contributed by atoms with Crippen molar-refractivity contribution in [2.24, 2.45) is 5.41 Å². The van der Waals surface area contributed by atoms with Crippen LogP contribution in [0.4, 0.5) is 0 Å². The molecule has 2 aliphatic heterocycles. The second-order valence-corrected chi connectivity index (χ2v) is 19.5. The highest BCUT2D eigenvalue weighted by Gasteiger charge is 2.79. The molecule has 0 saturated carbocycles. The van der Waals surface area contributed by atoms with Crippen molar-refractivity contribution in [2.75, 3.05) is 13.7 Å². The molecule has 1 fully saturated rings. The number of nitrogens with zero attached hydrogens (tertiary/aromatic N) is 1. The van der Waals surface area contributed by atoms with Crippen LogP contribution in [0.2, 0.25) is 39.3 Å². The van der Waals surface area contributed by atoms with Crippen LogP contribution in [-0.4, -0.2) is 59.0 Å². The zero-order valence-corrected chi connectivity index (χ0v) is 21.7. The number of methoxy groups -OCH3 is 1. The lowest BCUT2D eigenvalue weighted by molar-refractivity contribution is -0.173. The molecule has 3 heterocycles. The van der Waals surface area contributed by atoms with E-state index in [0.29, 0.717) is 23.5 Å². The minimum absolute atomic E-state index is 0.182. The Morgan fingerprint density at radius 2 is 1.84 bits per heavy atom. The highest BCUT2D eigenvalue weighted by atomic mass is 28.4. The lowest BCUT2D eigenvalue weighted by Gasteiger charge is -2.53. The van der Waals surface area contributed by atoms with E-state index in [0.717, 1.165) is 0 Å². The maximum Gasteiger partial charge on any atom is 0.325 e. The number of carbonyl (C=O) groups is 3. The zero-order chi connectivity index (χ0) is 23.7. The highest BCUT2D eigenvalue weighted by Crippen LogP contribution is 2.62. The Bertz CT molecular complexity index is 1020. The molecule has 10 heteroatoms. The van der Waals surface area contributed by atoms with E-state index in [9.17, 15) is 14.4 Å². The van der Waals surface area contributed by atoms with Crippen molar-refractivity contribution in [3.8, 4) is 0 Å². The first kappa shape index (κ1) is 23.0. The van der Waals surface area contributed by atoms with Crippen molar-refractivity contribution in [3.05, 3.63) is 35.5 Å². The van der Waals surface area contributed by atoms with E-state index in [1.54, 1.807) is 18.4 Å². The minimum atomic E-state index is -2.29. The number of ether oxygens (including phenoxy) is 1. The maximum absolute atomic E-state index is 13.8. The van der Waals surface area contributed by atoms with Gasteiger partial charge in [-0.1, -0.05) is 0 Å². The number of esters is 1. The zero-order valence-electron chi connectivity index (χ0n) is 19.7. The second-order valence-electron chi connectivity index (χ2n) is 10.6. The Morgan fingerprint density at radius 1 is 1.16 bits per heavy atom. The molecule has 1 spiro atoms. The normalized spacial score (nSPS) is 29.8. The van der Waals surface area contributed by atoms with Crippen LogP contribution in [0.3, 0.4) is 0 Å². The summed E-state index contributed by atoms with van der Waals surface area (Å²) in [5, 5.41) is 0. The fourth-order valence-electron chi connectivity index (χ4n) is 5.44.